The Kier molecular flexibility index (Phi) is 59.9. The molecule has 0 bridgehead atoms. The number of carbonyl (C=O) groups excluding carboxylic acids is 2. The molecule has 0 spiro atoms. The van der Waals surface area contributed by atoms with Crippen molar-refractivity contribution in [2.45, 2.75) is 379 Å². The Hall–Kier alpha value is -1.40. The van der Waals surface area contributed by atoms with Gasteiger partial charge in [0, 0.05) is 12.8 Å². The number of nitrogens with one attached hydrogen (secondary N) is 1. The molecule has 0 saturated carbocycles. The monoisotopic (exact) mass is 1000 g/mol. The van der Waals surface area contributed by atoms with E-state index in [1.807, 2.05) is 6.08 Å². The minimum Gasteiger partial charge on any atom is -0.466 e. The van der Waals surface area contributed by atoms with Gasteiger partial charge in [-0.1, -0.05) is 334 Å². The Morgan fingerprint density at radius 2 is 0.648 bits per heavy atom. The Morgan fingerprint density at radius 1 is 0.380 bits per heavy atom. The van der Waals surface area contributed by atoms with Gasteiger partial charge in [0.05, 0.1) is 25.4 Å². The molecule has 0 heterocycles. The van der Waals surface area contributed by atoms with Crippen LogP contribution in [0.15, 0.2) is 12.2 Å². The van der Waals surface area contributed by atoms with Crippen LogP contribution in [0.4, 0.5) is 0 Å². The Balaban J connectivity index is 3.37. The molecule has 3 N–H and O–H groups in total. The number of ether oxygens (including phenoxy) is 1. The van der Waals surface area contributed by atoms with Crippen molar-refractivity contribution in [1.82, 2.24) is 5.32 Å². The Bertz CT molecular complexity index is 1060. The third-order valence-electron chi connectivity index (χ3n) is 15.3. The number of hydrogen-bond donors (Lipinski definition) is 3. The third kappa shape index (κ3) is 57.7. The average molecular weight is 1000 g/mol. The van der Waals surface area contributed by atoms with Crippen LogP contribution in [-0.2, 0) is 14.3 Å². The van der Waals surface area contributed by atoms with Crippen molar-refractivity contribution in [3.05, 3.63) is 12.2 Å². The molecule has 2 atom stereocenters. The highest BCUT2D eigenvalue weighted by Crippen LogP contribution is 2.18. The number of unbranched alkanes of at least 4 members (excludes halogenated alkanes) is 50. The first kappa shape index (κ1) is 69.6. The lowest BCUT2D eigenvalue weighted by Gasteiger charge is -2.20. The second kappa shape index (κ2) is 61.1. The van der Waals surface area contributed by atoms with E-state index in [4.69, 9.17) is 4.74 Å². The largest absolute Gasteiger partial charge is 0.466 e. The maximum atomic E-state index is 12.5. The van der Waals surface area contributed by atoms with Gasteiger partial charge in [0.15, 0.2) is 0 Å². The molecule has 71 heavy (non-hydrogen) atoms. The predicted octanol–water partition coefficient (Wildman–Crippen LogP) is 20.4. The lowest BCUT2D eigenvalue weighted by atomic mass is 10.0. The highest BCUT2D eigenvalue weighted by molar-refractivity contribution is 5.76. The third-order valence-corrected chi connectivity index (χ3v) is 15.3. The molecule has 6 nitrogen and oxygen atoms in total. The fraction of sp³-hybridized carbons (Fsp3) is 0.938. The molecule has 0 aliphatic carbocycles. The zero-order chi connectivity index (χ0) is 51.4. The van der Waals surface area contributed by atoms with E-state index in [0.717, 1.165) is 38.5 Å². The van der Waals surface area contributed by atoms with Crippen molar-refractivity contribution < 1.29 is 24.5 Å². The number of allylic oxidation sites excluding steroid dienone is 1. The van der Waals surface area contributed by atoms with Crippen LogP contribution in [0, 0.1) is 0 Å². The summed E-state index contributed by atoms with van der Waals surface area (Å²) in [4.78, 5) is 24.6. The van der Waals surface area contributed by atoms with Crippen LogP contribution in [-0.4, -0.2) is 47.4 Å². The Labute approximate surface area is 444 Å². The summed E-state index contributed by atoms with van der Waals surface area (Å²) in [6.45, 7) is 4.93. The van der Waals surface area contributed by atoms with Crippen LogP contribution in [0.2, 0.25) is 0 Å². The van der Waals surface area contributed by atoms with Crippen LogP contribution in [0.5, 0.6) is 0 Å². The van der Waals surface area contributed by atoms with Crippen molar-refractivity contribution in [2.24, 2.45) is 0 Å². The maximum Gasteiger partial charge on any atom is 0.305 e. The summed E-state index contributed by atoms with van der Waals surface area (Å²) >= 11 is 0. The first-order chi connectivity index (χ1) is 35.0. The molecule has 0 aromatic rings. The van der Waals surface area contributed by atoms with Gasteiger partial charge in [0.1, 0.15) is 0 Å². The number of esters is 1. The van der Waals surface area contributed by atoms with Gasteiger partial charge in [-0.2, -0.15) is 0 Å². The number of aliphatic hydroxyl groups is 2. The molecule has 0 aromatic heterocycles. The van der Waals surface area contributed by atoms with Crippen molar-refractivity contribution >= 4 is 11.9 Å². The van der Waals surface area contributed by atoms with Crippen LogP contribution in [0.25, 0.3) is 0 Å². The predicted molar refractivity (Wildman–Crippen MR) is 310 cm³/mol. The van der Waals surface area contributed by atoms with Crippen LogP contribution in [0.1, 0.15) is 367 Å². The van der Waals surface area contributed by atoms with E-state index in [1.165, 1.54) is 302 Å². The van der Waals surface area contributed by atoms with E-state index in [1.54, 1.807) is 6.08 Å². The summed E-state index contributed by atoms with van der Waals surface area (Å²) in [7, 11) is 0. The number of rotatable bonds is 61. The summed E-state index contributed by atoms with van der Waals surface area (Å²) in [6, 6.07) is -0.628. The van der Waals surface area contributed by atoms with Crippen molar-refractivity contribution in [3.8, 4) is 0 Å². The molecule has 422 valence electrons. The molecular formula is C65H127NO5. The van der Waals surface area contributed by atoms with E-state index < -0.39 is 12.1 Å². The lowest BCUT2D eigenvalue weighted by Crippen LogP contribution is -2.45. The summed E-state index contributed by atoms with van der Waals surface area (Å²) in [5.41, 5.74) is 0. The van der Waals surface area contributed by atoms with Gasteiger partial charge in [0.25, 0.3) is 0 Å². The zero-order valence-electron chi connectivity index (χ0n) is 48.2. The molecule has 0 aliphatic heterocycles. The molecule has 0 saturated heterocycles. The first-order valence-corrected chi connectivity index (χ1v) is 32.5. The van der Waals surface area contributed by atoms with Gasteiger partial charge < -0.3 is 20.3 Å². The molecule has 0 fully saturated rings. The van der Waals surface area contributed by atoms with Crippen molar-refractivity contribution in [1.29, 1.82) is 0 Å². The molecule has 0 rings (SSSR count). The molecule has 0 radical (unpaired) electrons. The molecule has 1 amide bonds. The smallest absolute Gasteiger partial charge is 0.305 e. The van der Waals surface area contributed by atoms with Gasteiger partial charge in [-0.3, -0.25) is 9.59 Å². The summed E-state index contributed by atoms with van der Waals surface area (Å²) in [5, 5.41) is 23.1. The lowest BCUT2D eigenvalue weighted by molar-refractivity contribution is -0.143. The standard InChI is InChI=1S/C65H127NO5/c1-3-5-7-9-11-13-15-17-19-20-23-27-31-35-39-43-47-51-55-59-65(70)71-60-56-52-48-44-40-36-32-28-25-22-21-24-26-30-34-38-42-46-50-54-58-64(69)66-62(61-67)63(68)57-53-49-45-41-37-33-29-18-16-14-12-10-8-6-4-2/h53,57,62-63,67-68H,3-52,54-56,58-61H2,1-2H3,(H,66,69)/b57-53+. The molecular weight excluding hydrogens is 875 g/mol. The van der Waals surface area contributed by atoms with Gasteiger partial charge in [-0.05, 0) is 32.1 Å². The van der Waals surface area contributed by atoms with E-state index in [9.17, 15) is 19.8 Å². The van der Waals surface area contributed by atoms with Gasteiger partial charge in [-0.15, -0.1) is 0 Å². The van der Waals surface area contributed by atoms with Crippen LogP contribution >= 0.6 is 0 Å². The zero-order valence-corrected chi connectivity index (χ0v) is 48.2. The van der Waals surface area contributed by atoms with E-state index >= 15 is 0 Å². The first-order valence-electron chi connectivity index (χ1n) is 32.5. The fourth-order valence-electron chi connectivity index (χ4n) is 10.3. The topological polar surface area (TPSA) is 95.9 Å². The molecule has 2 unspecified atom stereocenters. The second-order valence-electron chi connectivity index (χ2n) is 22.5. The Morgan fingerprint density at radius 3 is 0.958 bits per heavy atom. The van der Waals surface area contributed by atoms with Gasteiger partial charge in [0.2, 0.25) is 5.91 Å². The normalized spacial score (nSPS) is 12.6. The van der Waals surface area contributed by atoms with Gasteiger partial charge >= 0.3 is 5.97 Å². The van der Waals surface area contributed by atoms with Crippen molar-refractivity contribution in [3.63, 3.8) is 0 Å². The SMILES string of the molecule is CCCCCCCCCCCCCCC/C=C/C(O)C(CO)NC(=O)CCCCCCCCCCCCCCCCCCCCCCOC(=O)CCCCCCCCCCCCCCCCCCCCC. The van der Waals surface area contributed by atoms with E-state index in [-0.39, 0.29) is 18.5 Å². The fourth-order valence-corrected chi connectivity index (χ4v) is 10.3. The minimum atomic E-state index is -0.845. The number of aliphatic hydroxyl groups excluding tert-OH is 2. The highest BCUT2D eigenvalue weighted by Gasteiger charge is 2.18. The molecule has 0 aliphatic rings. The summed E-state index contributed by atoms with van der Waals surface area (Å²) < 4.78 is 5.51. The number of carbonyl (C=O) groups is 2. The van der Waals surface area contributed by atoms with Crippen molar-refractivity contribution in [2.75, 3.05) is 13.2 Å². The quantitative estimate of drug-likeness (QED) is 0.0320. The molecule has 0 aromatic carbocycles. The second-order valence-corrected chi connectivity index (χ2v) is 22.5. The summed E-state index contributed by atoms with van der Waals surface area (Å²) in [6.07, 6.45) is 74.0. The highest BCUT2D eigenvalue weighted by atomic mass is 16.5. The van der Waals surface area contributed by atoms with E-state index in [2.05, 4.69) is 19.2 Å². The number of hydrogen-bond acceptors (Lipinski definition) is 5. The van der Waals surface area contributed by atoms with E-state index in [0.29, 0.717) is 19.4 Å². The minimum absolute atomic E-state index is 0.0155. The maximum absolute atomic E-state index is 12.5. The molecule has 6 heteroatoms. The number of amides is 1. The average Bonchev–Trinajstić information content (AvgIpc) is 3.37. The summed E-state index contributed by atoms with van der Waals surface area (Å²) in [5.74, 6) is -0.0517. The van der Waals surface area contributed by atoms with Gasteiger partial charge in [-0.25, -0.2) is 0 Å². The van der Waals surface area contributed by atoms with Crippen LogP contribution in [0.3, 0.4) is 0 Å². The van der Waals surface area contributed by atoms with Crippen LogP contribution < -0.4 is 5.32 Å².